The van der Waals surface area contributed by atoms with E-state index in [9.17, 15) is 0 Å². The summed E-state index contributed by atoms with van der Waals surface area (Å²) in [6.45, 7) is 6.84. The van der Waals surface area contributed by atoms with E-state index in [1.165, 1.54) is 42.4 Å². The molecule has 0 saturated heterocycles. The van der Waals surface area contributed by atoms with Crippen molar-refractivity contribution in [1.29, 1.82) is 0 Å². The first-order valence-electron chi connectivity index (χ1n) is 10.9. The second kappa shape index (κ2) is 7.04. The van der Waals surface area contributed by atoms with Crippen LogP contribution in [-0.2, 0) is 5.41 Å². The fourth-order valence-electron chi connectivity index (χ4n) is 4.52. The summed E-state index contributed by atoms with van der Waals surface area (Å²) in [6.07, 6.45) is 3.68. The summed E-state index contributed by atoms with van der Waals surface area (Å²) in [6, 6.07) is 26.1. The third-order valence-electron chi connectivity index (χ3n) is 6.13. The van der Waals surface area contributed by atoms with Gasteiger partial charge in [0.05, 0.1) is 12.0 Å². The molecule has 0 radical (unpaired) electrons. The third kappa shape index (κ3) is 3.12. The smallest absolute Gasteiger partial charge is 0.133 e. The van der Waals surface area contributed by atoms with Crippen LogP contribution in [0.25, 0.3) is 53.5 Å². The molecule has 6 aromatic rings. The molecule has 3 aromatic carbocycles. The van der Waals surface area contributed by atoms with Crippen LogP contribution in [0.4, 0.5) is 0 Å². The van der Waals surface area contributed by atoms with Crippen molar-refractivity contribution in [2.24, 2.45) is 0 Å². The lowest BCUT2D eigenvalue weighted by Gasteiger charge is -2.22. The molecule has 0 spiro atoms. The number of rotatable bonds is 2. The SMILES string of the molecule is CC(C)(C)c1cc(-c2nccc3sc(-c4ccc5occc5c4)cc23)cc2ccccc12. The highest BCUT2D eigenvalue weighted by Gasteiger charge is 2.20. The van der Waals surface area contributed by atoms with Crippen molar-refractivity contribution in [2.75, 3.05) is 0 Å². The van der Waals surface area contributed by atoms with E-state index in [0.717, 1.165) is 16.7 Å². The van der Waals surface area contributed by atoms with Gasteiger partial charge in [-0.05, 0) is 75.8 Å². The van der Waals surface area contributed by atoms with Crippen molar-refractivity contribution in [3.05, 3.63) is 90.8 Å². The number of benzene rings is 3. The van der Waals surface area contributed by atoms with Gasteiger partial charge in [0.15, 0.2) is 0 Å². The van der Waals surface area contributed by atoms with Gasteiger partial charge in [-0.15, -0.1) is 11.3 Å². The van der Waals surface area contributed by atoms with E-state index in [2.05, 4.69) is 81.4 Å². The van der Waals surface area contributed by atoms with Gasteiger partial charge in [-0.1, -0.05) is 45.0 Å². The zero-order valence-corrected chi connectivity index (χ0v) is 19.2. The molecule has 32 heavy (non-hydrogen) atoms. The second-order valence-electron chi connectivity index (χ2n) is 9.35. The maximum Gasteiger partial charge on any atom is 0.133 e. The van der Waals surface area contributed by atoms with Gasteiger partial charge in [0, 0.05) is 32.1 Å². The first-order valence-corrected chi connectivity index (χ1v) is 11.7. The molecule has 0 fully saturated rings. The van der Waals surface area contributed by atoms with Crippen LogP contribution in [-0.4, -0.2) is 4.98 Å². The summed E-state index contributed by atoms with van der Waals surface area (Å²) in [5, 5.41) is 4.91. The Balaban J connectivity index is 1.56. The average molecular weight is 434 g/mol. The van der Waals surface area contributed by atoms with E-state index in [1.54, 1.807) is 6.26 Å². The summed E-state index contributed by atoms with van der Waals surface area (Å²) in [4.78, 5) is 6.09. The minimum atomic E-state index is 0.0450. The Labute approximate surface area is 191 Å². The first kappa shape index (κ1) is 19.3. The van der Waals surface area contributed by atoms with E-state index in [1.807, 2.05) is 29.7 Å². The maximum atomic E-state index is 5.51. The minimum Gasteiger partial charge on any atom is -0.464 e. The van der Waals surface area contributed by atoms with Crippen molar-refractivity contribution >= 4 is 43.2 Å². The van der Waals surface area contributed by atoms with Gasteiger partial charge in [0.25, 0.3) is 0 Å². The Morgan fingerprint density at radius 2 is 1.62 bits per heavy atom. The van der Waals surface area contributed by atoms with E-state index in [4.69, 9.17) is 9.40 Å². The zero-order chi connectivity index (χ0) is 21.9. The third-order valence-corrected chi connectivity index (χ3v) is 7.28. The normalized spacial score (nSPS) is 12.2. The number of hydrogen-bond acceptors (Lipinski definition) is 3. The van der Waals surface area contributed by atoms with Gasteiger partial charge in [0.1, 0.15) is 5.58 Å². The van der Waals surface area contributed by atoms with Crippen LogP contribution in [0.1, 0.15) is 26.3 Å². The van der Waals surface area contributed by atoms with Gasteiger partial charge >= 0.3 is 0 Å². The molecule has 0 unspecified atom stereocenters. The summed E-state index contributed by atoms with van der Waals surface area (Å²) < 4.78 is 6.76. The number of nitrogens with zero attached hydrogens (tertiary/aromatic N) is 1. The lowest BCUT2D eigenvalue weighted by Crippen LogP contribution is -2.12. The largest absolute Gasteiger partial charge is 0.464 e. The van der Waals surface area contributed by atoms with Gasteiger partial charge in [-0.2, -0.15) is 0 Å². The maximum absolute atomic E-state index is 5.51. The predicted molar refractivity (Wildman–Crippen MR) is 136 cm³/mol. The Hall–Kier alpha value is -3.43. The molecule has 3 heteroatoms. The number of aromatic nitrogens is 1. The molecule has 3 aromatic heterocycles. The zero-order valence-electron chi connectivity index (χ0n) is 18.3. The number of hydrogen-bond donors (Lipinski definition) is 0. The number of pyridine rings is 1. The topological polar surface area (TPSA) is 26.0 Å². The van der Waals surface area contributed by atoms with Crippen molar-refractivity contribution in [2.45, 2.75) is 26.2 Å². The van der Waals surface area contributed by atoms with Crippen LogP contribution in [0.2, 0.25) is 0 Å². The van der Waals surface area contributed by atoms with Crippen molar-refractivity contribution in [3.8, 4) is 21.7 Å². The lowest BCUT2D eigenvalue weighted by molar-refractivity contribution is 0.596. The molecule has 6 rings (SSSR count). The van der Waals surface area contributed by atoms with E-state index in [-0.39, 0.29) is 5.41 Å². The highest BCUT2D eigenvalue weighted by atomic mass is 32.1. The summed E-state index contributed by atoms with van der Waals surface area (Å²) in [5.74, 6) is 0. The molecular formula is C29H23NOS. The fourth-order valence-corrected chi connectivity index (χ4v) is 5.58. The highest BCUT2D eigenvalue weighted by Crippen LogP contribution is 2.40. The number of furan rings is 1. The van der Waals surface area contributed by atoms with Gasteiger partial charge < -0.3 is 4.42 Å². The fraction of sp³-hybridized carbons (Fsp3) is 0.138. The van der Waals surface area contributed by atoms with Gasteiger partial charge in [0.2, 0.25) is 0 Å². The van der Waals surface area contributed by atoms with Crippen molar-refractivity contribution in [3.63, 3.8) is 0 Å². The molecule has 0 N–H and O–H groups in total. The molecule has 156 valence electrons. The second-order valence-corrected chi connectivity index (χ2v) is 10.4. The molecule has 0 aliphatic rings. The monoisotopic (exact) mass is 433 g/mol. The quantitative estimate of drug-likeness (QED) is 0.273. The number of fused-ring (bicyclic) bond motifs is 3. The summed E-state index contributed by atoms with van der Waals surface area (Å²) in [5.41, 5.74) is 5.75. The van der Waals surface area contributed by atoms with Crippen LogP contribution in [0.15, 0.2) is 89.7 Å². The summed E-state index contributed by atoms with van der Waals surface area (Å²) in [7, 11) is 0. The van der Waals surface area contributed by atoms with E-state index in [0.29, 0.717) is 0 Å². The Morgan fingerprint density at radius 1 is 0.781 bits per heavy atom. The summed E-state index contributed by atoms with van der Waals surface area (Å²) >= 11 is 1.81. The van der Waals surface area contributed by atoms with Crippen molar-refractivity contribution < 1.29 is 4.42 Å². The molecular weight excluding hydrogens is 410 g/mol. The lowest BCUT2D eigenvalue weighted by atomic mass is 9.82. The standard InChI is InChI=1S/C29H23NOS/c1-29(2,3)24-16-21(14-18-6-4-5-7-22(18)24)28-23-17-27(32-26(23)10-12-30-28)20-8-9-25-19(15-20)11-13-31-25/h4-17H,1-3H3. The average Bonchev–Trinajstić information content (AvgIpc) is 3.43. The Morgan fingerprint density at radius 3 is 2.50 bits per heavy atom. The van der Waals surface area contributed by atoms with Crippen molar-refractivity contribution in [1.82, 2.24) is 4.98 Å². The minimum absolute atomic E-state index is 0.0450. The Kier molecular flexibility index (Phi) is 4.24. The van der Waals surface area contributed by atoms with Gasteiger partial charge in [-0.3, -0.25) is 4.98 Å². The van der Waals surface area contributed by atoms with E-state index >= 15 is 0 Å². The molecule has 0 aliphatic heterocycles. The van der Waals surface area contributed by atoms with Crippen LogP contribution in [0, 0.1) is 0 Å². The predicted octanol–water partition coefficient (Wildman–Crippen LogP) is 8.83. The number of thiophene rings is 1. The van der Waals surface area contributed by atoms with Crippen LogP contribution in [0.5, 0.6) is 0 Å². The molecule has 0 atom stereocenters. The molecule has 0 amide bonds. The van der Waals surface area contributed by atoms with Crippen LogP contribution in [0.3, 0.4) is 0 Å². The molecule has 0 bridgehead atoms. The van der Waals surface area contributed by atoms with Crippen LogP contribution >= 0.6 is 11.3 Å². The highest BCUT2D eigenvalue weighted by molar-refractivity contribution is 7.22. The molecule has 3 heterocycles. The molecule has 0 saturated carbocycles. The Bertz CT molecular complexity index is 1610. The van der Waals surface area contributed by atoms with Crippen LogP contribution < -0.4 is 0 Å². The van der Waals surface area contributed by atoms with Gasteiger partial charge in [-0.25, -0.2) is 0 Å². The molecule has 0 aliphatic carbocycles. The molecule has 2 nitrogen and oxygen atoms in total. The first-order chi connectivity index (χ1) is 15.5. The van der Waals surface area contributed by atoms with E-state index < -0.39 is 0 Å².